The lowest BCUT2D eigenvalue weighted by atomic mass is 9.98. The van der Waals surface area contributed by atoms with Crippen LogP contribution in [0.2, 0.25) is 0 Å². The fourth-order valence-corrected chi connectivity index (χ4v) is 4.38. The number of piperidine rings is 1. The van der Waals surface area contributed by atoms with Gasteiger partial charge >= 0.3 is 0 Å². The summed E-state index contributed by atoms with van der Waals surface area (Å²) in [6.45, 7) is 8.96. The van der Waals surface area contributed by atoms with Gasteiger partial charge in [0.05, 0.1) is 6.26 Å². The van der Waals surface area contributed by atoms with Crippen molar-refractivity contribution in [1.29, 1.82) is 0 Å². The van der Waals surface area contributed by atoms with Crippen LogP contribution >= 0.6 is 0 Å². The van der Waals surface area contributed by atoms with E-state index in [1.807, 2.05) is 0 Å². The SMILES string of the molecule is CCN(CCNC(=NC)NCC1CCN(S(C)(=O)=O)CC1)c1cccc(C)c1. The van der Waals surface area contributed by atoms with E-state index in [4.69, 9.17) is 0 Å². The van der Waals surface area contributed by atoms with Gasteiger partial charge in [0.2, 0.25) is 10.0 Å². The Kier molecular flexibility index (Phi) is 8.57. The Labute approximate surface area is 170 Å². The van der Waals surface area contributed by atoms with Crippen molar-refractivity contribution in [3.8, 4) is 0 Å². The quantitative estimate of drug-likeness (QED) is 0.504. The molecule has 1 aromatic carbocycles. The van der Waals surface area contributed by atoms with Crippen molar-refractivity contribution < 1.29 is 8.42 Å². The summed E-state index contributed by atoms with van der Waals surface area (Å²) in [5.74, 6) is 1.27. The summed E-state index contributed by atoms with van der Waals surface area (Å²) in [5.41, 5.74) is 2.51. The first-order chi connectivity index (χ1) is 13.3. The number of aliphatic imine (C=N–C) groups is 1. The molecule has 1 aliphatic heterocycles. The van der Waals surface area contributed by atoms with Crippen LogP contribution in [0.4, 0.5) is 5.69 Å². The summed E-state index contributed by atoms with van der Waals surface area (Å²) in [5, 5.41) is 6.77. The summed E-state index contributed by atoms with van der Waals surface area (Å²) in [7, 11) is -1.28. The molecule has 2 rings (SSSR count). The first-order valence-electron chi connectivity index (χ1n) is 10.0. The van der Waals surface area contributed by atoms with Crippen LogP contribution in [0.5, 0.6) is 0 Å². The summed E-state index contributed by atoms with van der Waals surface area (Å²) in [4.78, 5) is 6.65. The van der Waals surface area contributed by atoms with Gasteiger partial charge in [-0.3, -0.25) is 4.99 Å². The molecular weight excluding hydrogens is 374 g/mol. The third-order valence-corrected chi connectivity index (χ3v) is 6.55. The van der Waals surface area contributed by atoms with Crippen molar-refractivity contribution in [2.75, 3.05) is 57.5 Å². The minimum absolute atomic E-state index is 0.469. The van der Waals surface area contributed by atoms with Gasteiger partial charge < -0.3 is 15.5 Å². The van der Waals surface area contributed by atoms with Crippen LogP contribution in [-0.4, -0.2) is 71.3 Å². The number of hydrogen-bond acceptors (Lipinski definition) is 4. The molecule has 158 valence electrons. The lowest BCUT2D eigenvalue weighted by molar-refractivity contribution is 0.275. The fraction of sp³-hybridized carbons (Fsp3) is 0.650. The Morgan fingerprint density at radius 2 is 2.00 bits per heavy atom. The van der Waals surface area contributed by atoms with Gasteiger partial charge in [-0.2, -0.15) is 0 Å². The molecule has 1 heterocycles. The van der Waals surface area contributed by atoms with Gasteiger partial charge in [0.15, 0.2) is 5.96 Å². The average Bonchev–Trinajstić information content (AvgIpc) is 2.67. The Bertz CT molecular complexity index is 743. The van der Waals surface area contributed by atoms with E-state index in [0.717, 1.165) is 45.0 Å². The Morgan fingerprint density at radius 3 is 2.57 bits per heavy atom. The van der Waals surface area contributed by atoms with Crippen molar-refractivity contribution in [3.05, 3.63) is 29.8 Å². The van der Waals surface area contributed by atoms with Crippen LogP contribution in [0, 0.1) is 12.8 Å². The molecule has 0 unspecified atom stereocenters. The molecule has 0 aromatic heterocycles. The fourth-order valence-electron chi connectivity index (χ4n) is 3.51. The Hall–Kier alpha value is -1.80. The van der Waals surface area contributed by atoms with Crippen LogP contribution < -0.4 is 15.5 Å². The first kappa shape index (κ1) is 22.5. The molecule has 1 saturated heterocycles. The summed E-state index contributed by atoms with van der Waals surface area (Å²) >= 11 is 0. The summed E-state index contributed by atoms with van der Waals surface area (Å²) in [6, 6.07) is 8.56. The summed E-state index contributed by atoms with van der Waals surface area (Å²) < 4.78 is 24.8. The molecule has 0 atom stereocenters. The lowest BCUT2D eigenvalue weighted by Crippen LogP contribution is -2.45. The minimum Gasteiger partial charge on any atom is -0.370 e. The summed E-state index contributed by atoms with van der Waals surface area (Å²) in [6.07, 6.45) is 3.05. The van der Waals surface area contributed by atoms with Gasteiger partial charge in [0.25, 0.3) is 0 Å². The maximum atomic E-state index is 11.6. The Morgan fingerprint density at radius 1 is 1.29 bits per heavy atom. The van der Waals surface area contributed by atoms with E-state index >= 15 is 0 Å². The van der Waals surface area contributed by atoms with E-state index in [-0.39, 0.29) is 0 Å². The monoisotopic (exact) mass is 409 g/mol. The van der Waals surface area contributed by atoms with Crippen LogP contribution in [0.1, 0.15) is 25.3 Å². The minimum atomic E-state index is -3.06. The van der Waals surface area contributed by atoms with Gasteiger partial charge in [-0.05, 0) is 50.3 Å². The Balaban J connectivity index is 1.73. The molecule has 1 aliphatic rings. The third-order valence-electron chi connectivity index (χ3n) is 5.25. The van der Waals surface area contributed by atoms with Crippen LogP contribution in [0.3, 0.4) is 0 Å². The molecule has 1 fully saturated rings. The maximum Gasteiger partial charge on any atom is 0.211 e. The normalized spacial score (nSPS) is 16.8. The molecule has 0 amide bonds. The number of nitrogens with zero attached hydrogens (tertiary/aromatic N) is 3. The zero-order valence-corrected chi connectivity index (χ0v) is 18.4. The standard InChI is InChI=1S/C20H35N5O2S/c1-5-24(19-8-6-7-17(2)15-19)14-11-22-20(21-3)23-16-18-9-12-25(13-10-18)28(4,26)27/h6-8,15,18H,5,9-14,16H2,1-4H3,(H2,21,22,23). The average molecular weight is 410 g/mol. The van der Waals surface area contributed by atoms with Crippen LogP contribution in [-0.2, 0) is 10.0 Å². The smallest absolute Gasteiger partial charge is 0.211 e. The highest BCUT2D eigenvalue weighted by Crippen LogP contribution is 2.18. The molecule has 1 aromatic rings. The molecule has 0 saturated carbocycles. The van der Waals surface area contributed by atoms with Crippen LogP contribution in [0.15, 0.2) is 29.3 Å². The van der Waals surface area contributed by atoms with E-state index in [1.54, 1.807) is 11.4 Å². The predicted molar refractivity (Wildman–Crippen MR) is 118 cm³/mol. The van der Waals surface area contributed by atoms with E-state index in [9.17, 15) is 8.42 Å². The topological polar surface area (TPSA) is 77.0 Å². The second-order valence-corrected chi connectivity index (χ2v) is 9.39. The number of guanidine groups is 1. The number of anilines is 1. The highest BCUT2D eigenvalue weighted by atomic mass is 32.2. The molecule has 0 radical (unpaired) electrons. The lowest BCUT2D eigenvalue weighted by Gasteiger charge is -2.30. The van der Waals surface area contributed by atoms with Crippen LogP contribution in [0.25, 0.3) is 0 Å². The second kappa shape index (κ2) is 10.7. The largest absolute Gasteiger partial charge is 0.370 e. The maximum absolute atomic E-state index is 11.6. The third kappa shape index (κ3) is 6.98. The van der Waals surface area contributed by atoms with E-state index < -0.39 is 10.0 Å². The molecular formula is C20H35N5O2S. The number of likely N-dealkylation sites (N-methyl/N-ethyl adjacent to an activating group) is 1. The first-order valence-corrected chi connectivity index (χ1v) is 11.9. The second-order valence-electron chi connectivity index (χ2n) is 7.40. The highest BCUT2D eigenvalue weighted by Gasteiger charge is 2.24. The zero-order chi connectivity index (χ0) is 20.6. The van der Waals surface area contributed by atoms with E-state index in [2.05, 4.69) is 58.6 Å². The predicted octanol–water partition coefficient (Wildman–Crippen LogP) is 1.66. The number of hydrogen-bond donors (Lipinski definition) is 2. The van der Waals surface area contributed by atoms with Crippen molar-refractivity contribution in [1.82, 2.24) is 14.9 Å². The van der Waals surface area contributed by atoms with Gasteiger partial charge in [0, 0.05) is 52.0 Å². The van der Waals surface area contributed by atoms with Crippen molar-refractivity contribution in [2.24, 2.45) is 10.9 Å². The number of sulfonamides is 1. The zero-order valence-electron chi connectivity index (χ0n) is 17.6. The number of rotatable bonds is 8. The van der Waals surface area contributed by atoms with Gasteiger partial charge in [-0.15, -0.1) is 0 Å². The van der Waals surface area contributed by atoms with Crippen molar-refractivity contribution in [2.45, 2.75) is 26.7 Å². The number of benzene rings is 1. The molecule has 0 bridgehead atoms. The molecule has 0 spiro atoms. The van der Waals surface area contributed by atoms with E-state index in [0.29, 0.717) is 19.0 Å². The molecule has 8 heteroatoms. The van der Waals surface area contributed by atoms with Gasteiger partial charge in [-0.25, -0.2) is 12.7 Å². The highest BCUT2D eigenvalue weighted by molar-refractivity contribution is 7.88. The molecule has 28 heavy (non-hydrogen) atoms. The van der Waals surface area contributed by atoms with Crippen molar-refractivity contribution in [3.63, 3.8) is 0 Å². The number of aryl methyl sites for hydroxylation is 1. The van der Waals surface area contributed by atoms with Gasteiger partial charge in [-0.1, -0.05) is 12.1 Å². The number of nitrogens with one attached hydrogen (secondary N) is 2. The van der Waals surface area contributed by atoms with Crippen molar-refractivity contribution >= 4 is 21.7 Å². The molecule has 0 aliphatic carbocycles. The van der Waals surface area contributed by atoms with Gasteiger partial charge in [0.1, 0.15) is 0 Å². The van der Waals surface area contributed by atoms with E-state index in [1.165, 1.54) is 17.5 Å². The molecule has 7 nitrogen and oxygen atoms in total. The molecule has 2 N–H and O–H groups in total.